The minimum Gasteiger partial charge on any atom is -0.451 e. The van der Waals surface area contributed by atoms with Crippen molar-refractivity contribution < 1.29 is 21.2 Å². The first-order chi connectivity index (χ1) is 17.8. The highest BCUT2D eigenvalue weighted by atomic mass is 32.3. The minimum absolute atomic E-state index is 0.115. The Hall–Kier alpha value is -2.28. The second kappa shape index (κ2) is 12.5. The highest BCUT2D eigenvalue weighted by Crippen LogP contribution is 2.49. The average molecular weight is 569 g/mol. The zero-order valence-corrected chi connectivity index (χ0v) is 22.8. The number of piperazine rings is 1. The van der Waals surface area contributed by atoms with Gasteiger partial charge in [0.15, 0.2) is 0 Å². The van der Waals surface area contributed by atoms with E-state index in [1.807, 2.05) is 18.2 Å². The standard InChI is InChI=1S/C25H27F3N4O2S3/c1-17-15-23(32-13-11-31(2)12-14-32)30-22-9-6-19(16-21(17)22)29-24(33)10-5-18-3-7-20(8-4-18)34-25(35-26,36-27)37-28/h3-4,6-9,15-16H,5,10-14H2,1-2H3,(H,29,33). The predicted octanol–water partition coefficient (Wildman–Crippen LogP) is 6.71. The predicted molar refractivity (Wildman–Crippen MR) is 149 cm³/mol. The van der Waals surface area contributed by atoms with E-state index in [2.05, 4.69) is 35.2 Å². The van der Waals surface area contributed by atoms with Gasteiger partial charge in [-0.15, -0.1) is 0 Å². The van der Waals surface area contributed by atoms with Crippen LogP contribution in [0.1, 0.15) is 17.5 Å². The molecule has 2 aromatic carbocycles. The highest BCUT2D eigenvalue weighted by molar-refractivity contribution is 8.29. The Morgan fingerprint density at radius 2 is 1.70 bits per heavy atom. The van der Waals surface area contributed by atoms with Crippen molar-refractivity contribution in [2.24, 2.45) is 0 Å². The number of hydrogen-bond donors (Lipinski definition) is 1. The molecule has 1 saturated heterocycles. The molecule has 0 atom stereocenters. The zero-order valence-electron chi connectivity index (χ0n) is 20.4. The first-order valence-corrected chi connectivity index (χ1v) is 13.8. The van der Waals surface area contributed by atoms with Crippen LogP contribution in [0.5, 0.6) is 5.75 Å². The number of nitrogens with zero attached hydrogens (tertiary/aromatic N) is 3. The topological polar surface area (TPSA) is 57.7 Å². The molecule has 2 heterocycles. The maximum absolute atomic E-state index is 12.9. The normalized spacial score (nSPS) is 14.7. The molecule has 1 N–H and O–H groups in total. The van der Waals surface area contributed by atoms with Crippen molar-refractivity contribution in [3.05, 3.63) is 59.7 Å². The first kappa shape index (κ1) is 27.7. The fourth-order valence-corrected chi connectivity index (χ4v) is 4.75. The van der Waals surface area contributed by atoms with Crippen LogP contribution in [0.2, 0.25) is 0 Å². The Bertz CT molecular complexity index is 1220. The number of carbonyl (C=O) groups excluding carboxylic acids is 1. The number of carbonyl (C=O) groups is 1. The summed E-state index contributed by atoms with van der Waals surface area (Å²) < 4.78 is 41.4. The molecule has 3 aromatic rings. The molecule has 0 aliphatic carbocycles. The third-order valence-corrected chi connectivity index (χ3v) is 8.15. The summed E-state index contributed by atoms with van der Waals surface area (Å²) >= 11 is -1.70. The van der Waals surface area contributed by atoms with Crippen LogP contribution in [0.3, 0.4) is 0 Å². The van der Waals surface area contributed by atoms with Crippen LogP contribution in [-0.4, -0.2) is 52.6 Å². The third-order valence-electron chi connectivity index (χ3n) is 6.20. The molecule has 198 valence electrons. The Morgan fingerprint density at radius 3 is 2.35 bits per heavy atom. The molecule has 0 bridgehead atoms. The van der Waals surface area contributed by atoms with Crippen LogP contribution in [0.4, 0.5) is 23.2 Å². The molecule has 12 heteroatoms. The van der Waals surface area contributed by atoms with Gasteiger partial charge in [0, 0.05) is 43.7 Å². The van der Waals surface area contributed by atoms with Gasteiger partial charge in [0.05, 0.1) is 5.52 Å². The van der Waals surface area contributed by atoms with E-state index in [0.29, 0.717) is 12.1 Å². The van der Waals surface area contributed by atoms with Gasteiger partial charge in [-0.3, -0.25) is 4.79 Å². The lowest BCUT2D eigenvalue weighted by Gasteiger charge is -2.33. The molecule has 0 spiro atoms. The Morgan fingerprint density at radius 1 is 1.03 bits per heavy atom. The summed E-state index contributed by atoms with van der Waals surface area (Å²) in [5.74, 6) is 0.951. The molecule has 0 saturated carbocycles. The molecule has 37 heavy (non-hydrogen) atoms. The molecule has 1 fully saturated rings. The largest absolute Gasteiger partial charge is 0.451 e. The number of aromatic nitrogens is 1. The van der Waals surface area contributed by atoms with Crippen LogP contribution in [0.15, 0.2) is 48.5 Å². The van der Waals surface area contributed by atoms with Gasteiger partial charge in [-0.05, 0) is 67.9 Å². The van der Waals surface area contributed by atoms with Gasteiger partial charge >= 0.3 is 3.60 Å². The average Bonchev–Trinajstić information content (AvgIpc) is 2.92. The highest BCUT2D eigenvalue weighted by Gasteiger charge is 2.40. The van der Waals surface area contributed by atoms with Crippen LogP contribution >= 0.6 is 36.4 Å². The zero-order chi connectivity index (χ0) is 26.4. The second-order valence-corrected chi connectivity index (χ2v) is 11.8. The van der Waals surface area contributed by atoms with Crippen molar-refractivity contribution >= 4 is 64.8 Å². The third kappa shape index (κ3) is 6.98. The van der Waals surface area contributed by atoms with Gasteiger partial charge in [0.25, 0.3) is 0 Å². The number of benzene rings is 2. The van der Waals surface area contributed by atoms with Crippen LogP contribution in [0.25, 0.3) is 10.9 Å². The molecule has 1 aliphatic heterocycles. The molecule has 6 nitrogen and oxygen atoms in total. The number of ether oxygens (including phenoxy) is 1. The Balaban J connectivity index is 1.34. The molecule has 0 unspecified atom stereocenters. The summed E-state index contributed by atoms with van der Waals surface area (Å²) in [5.41, 5.74) is 3.52. The van der Waals surface area contributed by atoms with Gasteiger partial charge in [-0.1, -0.05) is 12.1 Å². The van der Waals surface area contributed by atoms with Crippen molar-refractivity contribution in [1.82, 2.24) is 9.88 Å². The van der Waals surface area contributed by atoms with Crippen molar-refractivity contribution in [2.45, 2.75) is 23.4 Å². The molecular weight excluding hydrogens is 541 g/mol. The number of nitrogens with one attached hydrogen (secondary N) is 1. The SMILES string of the molecule is Cc1cc(N2CCN(C)CC2)nc2ccc(NC(=O)CCc3ccc(OC(SF)(SF)SF)cc3)cc12. The van der Waals surface area contributed by atoms with E-state index >= 15 is 0 Å². The van der Waals surface area contributed by atoms with E-state index in [0.717, 1.165) is 54.0 Å². The molecule has 1 aromatic heterocycles. The van der Waals surface area contributed by atoms with Gasteiger partial charge < -0.3 is 19.9 Å². The minimum atomic E-state index is -2.35. The van der Waals surface area contributed by atoms with Gasteiger partial charge in [-0.2, -0.15) is 11.7 Å². The van der Waals surface area contributed by atoms with Gasteiger partial charge in [0.2, 0.25) is 5.91 Å². The summed E-state index contributed by atoms with van der Waals surface area (Å²) in [5, 5.41) is 3.93. The lowest BCUT2D eigenvalue weighted by molar-refractivity contribution is -0.116. The lowest BCUT2D eigenvalue weighted by atomic mass is 10.1. The fourth-order valence-electron chi connectivity index (χ4n) is 4.08. The number of likely N-dealkylation sites (N-methyl/N-ethyl adjacent to an activating group) is 1. The van der Waals surface area contributed by atoms with Crippen molar-refractivity contribution in [1.29, 1.82) is 0 Å². The quantitative estimate of drug-likeness (QED) is 0.271. The summed E-state index contributed by atoms with van der Waals surface area (Å²) in [6.07, 6.45) is 0.691. The second-order valence-electron chi connectivity index (χ2n) is 8.85. The first-order valence-electron chi connectivity index (χ1n) is 11.7. The van der Waals surface area contributed by atoms with E-state index in [1.54, 1.807) is 12.1 Å². The summed E-state index contributed by atoms with van der Waals surface area (Å²) in [7, 11) is 2.12. The maximum atomic E-state index is 12.9. The molecule has 0 radical (unpaired) electrons. The summed E-state index contributed by atoms with van der Waals surface area (Å²) in [6.45, 7) is 5.97. The lowest BCUT2D eigenvalue weighted by Crippen LogP contribution is -2.44. The smallest absolute Gasteiger partial charge is 0.338 e. The fraction of sp³-hybridized carbons (Fsp3) is 0.360. The number of halogens is 3. The summed E-state index contributed by atoms with van der Waals surface area (Å²) in [4.78, 5) is 22.0. The van der Waals surface area contributed by atoms with Crippen LogP contribution in [-0.2, 0) is 11.2 Å². The molecule has 4 rings (SSSR count). The van der Waals surface area contributed by atoms with Gasteiger partial charge in [0.1, 0.15) is 48.0 Å². The van der Waals surface area contributed by atoms with Gasteiger partial charge in [-0.25, -0.2) is 4.98 Å². The van der Waals surface area contributed by atoms with Crippen molar-refractivity contribution in [2.75, 3.05) is 43.4 Å². The van der Waals surface area contributed by atoms with E-state index in [-0.39, 0.29) is 18.1 Å². The Labute approximate surface area is 227 Å². The molecule has 1 aliphatic rings. The number of amides is 1. The van der Waals surface area contributed by atoms with E-state index in [4.69, 9.17) is 9.72 Å². The van der Waals surface area contributed by atoms with E-state index in [9.17, 15) is 16.5 Å². The van der Waals surface area contributed by atoms with Crippen molar-refractivity contribution in [3.63, 3.8) is 0 Å². The number of anilines is 2. The summed E-state index contributed by atoms with van der Waals surface area (Å²) in [6, 6.07) is 14.1. The monoisotopic (exact) mass is 568 g/mol. The number of aryl methyl sites for hydroxylation is 2. The number of pyridine rings is 1. The van der Waals surface area contributed by atoms with Crippen LogP contribution < -0.4 is 15.0 Å². The maximum Gasteiger partial charge on any atom is 0.338 e. The molecule has 1 amide bonds. The molecular formula is C25H27F3N4O2S3. The van der Waals surface area contributed by atoms with E-state index < -0.39 is 40.0 Å². The van der Waals surface area contributed by atoms with Crippen molar-refractivity contribution in [3.8, 4) is 5.75 Å². The number of rotatable bonds is 10. The van der Waals surface area contributed by atoms with Crippen LogP contribution in [0, 0.1) is 6.92 Å². The number of hydrogen-bond acceptors (Lipinski definition) is 8. The Kier molecular flexibility index (Phi) is 9.38. The van der Waals surface area contributed by atoms with E-state index in [1.165, 1.54) is 12.1 Å². The number of fused-ring (bicyclic) bond motifs is 1.